The van der Waals surface area contributed by atoms with E-state index in [9.17, 15) is 9.90 Å². The van der Waals surface area contributed by atoms with Gasteiger partial charge in [-0.2, -0.15) is 5.10 Å². The molecule has 7 nitrogen and oxygen atoms in total. The van der Waals surface area contributed by atoms with E-state index >= 15 is 0 Å². The quantitative estimate of drug-likeness (QED) is 0.654. The van der Waals surface area contributed by atoms with Gasteiger partial charge in [0.2, 0.25) is 11.8 Å². The van der Waals surface area contributed by atoms with Crippen molar-refractivity contribution in [3.8, 4) is 22.8 Å². The highest BCUT2D eigenvalue weighted by atomic mass is 32.2. The number of methoxy groups -OCH3 is 1. The SMILES string of the molecule is COc1ccc(-c2ccc(O)c(C=NN=C3NC(=O)CS3)c2)cn1. The van der Waals surface area contributed by atoms with E-state index < -0.39 is 0 Å². The number of nitrogens with zero attached hydrogens (tertiary/aromatic N) is 3. The summed E-state index contributed by atoms with van der Waals surface area (Å²) in [6.07, 6.45) is 3.13. The number of phenolic OH excluding ortho intramolecular Hbond substituents is 1. The zero-order valence-electron chi connectivity index (χ0n) is 12.8. The molecule has 1 aromatic carbocycles. The lowest BCUT2D eigenvalue weighted by atomic mass is 10.0. The molecule has 122 valence electrons. The molecule has 0 bridgehead atoms. The molecular weight excluding hydrogens is 328 g/mol. The van der Waals surface area contributed by atoms with Crippen LogP contribution in [-0.4, -0.2) is 40.2 Å². The predicted octanol–water partition coefficient (Wildman–Crippen LogP) is 2.02. The first-order chi connectivity index (χ1) is 11.7. The summed E-state index contributed by atoms with van der Waals surface area (Å²) in [4.78, 5) is 15.2. The lowest BCUT2D eigenvalue weighted by Gasteiger charge is -2.05. The molecule has 0 saturated carbocycles. The highest BCUT2D eigenvalue weighted by Crippen LogP contribution is 2.25. The minimum Gasteiger partial charge on any atom is -0.507 e. The Morgan fingerprint density at radius 2 is 2.17 bits per heavy atom. The van der Waals surface area contributed by atoms with Crippen molar-refractivity contribution >= 4 is 29.1 Å². The zero-order valence-corrected chi connectivity index (χ0v) is 13.6. The summed E-state index contributed by atoms with van der Waals surface area (Å²) in [6, 6.07) is 8.80. The molecular formula is C16H14N4O3S. The maximum absolute atomic E-state index is 11.1. The van der Waals surface area contributed by atoms with Gasteiger partial charge in [-0.25, -0.2) is 4.98 Å². The van der Waals surface area contributed by atoms with E-state index in [1.165, 1.54) is 18.0 Å². The molecule has 1 saturated heterocycles. The zero-order chi connectivity index (χ0) is 16.9. The molecule has 0 aliphatic carbocycles. The maximum Gasteiger partial charge on any atom is 0.236 e. The Kier molecular flexibility index (Phi) is 4.76. The number of aromatic hydroxyl groups is 1. The van der Waals surface area contributed by atoms with Crippen LogP contribution in [0.25, 0.3) is 11.1 Å². The first kappa shape index (κ1) is 16.0. The summed E-state index contributed by atoms with van der Waals surface area (Å²) in [6.45, 7) is 0. The molecule has 8 heteroatoms. The van der Waals surface area contributed by atoms with Crippen LogP contribution in [0, 0.1) is 0 Å². The number of phenols is 1. The number of rotatable bonds is 4. The van der Waals surface area contributed by atoms with Gasteiger partial charge in [-0.3, -0.25) is 4.79 Å². The highest BCUT2D eigenvalue weighted by Gasteiger charge is 2.15. The Labute approximate surface area is 142 Å². The molecule has 1 aliphatic heterocycles. The number of benzene rings is 1. The third-order valence-electron chi connectivity index (χ3n) is 3.24. The largest absolute Gasteiger partial charge is 0.507 e. The number of aromatic nitrogens is 1. The summed E-state index contributed by atoms with van der Waals surface area (Å²) in [5.41, 5.74) is 2.28. The van der Waals surface area contributed by atoms with Crippen LogP contribution in [-0.2, 0) is 4.79 Å². The number of amides is 1. The second-order valence-corrected chi connectivity index (χ2v) is 5.81. The van der Waals surface area contributed by atoms with Gasteiger partial charge in [0.15, 0.2) is 5.17 Å². The van der Waals surface area contributed by atoms with E-state index in [0.717, 1.165) is 11.1 Å². The summed E-state index contributed by atoms with van der Waals surface area (Å²) in [5.74, 6) is 0.879. The van der Waals surface area contributed by atoms with Crippen LogP contribution in [0.1, 0.15) is 5.56 Å². The number of carbonyl (C=O) groups is 1. The summed E-state index contributed by atoms with van der Waals surface area (Å²) >= 11 is 1.29. The smallest absolute Gasteiger partial charge is 0.236 e. The Hall–Kier alpha value is -2.87. The van der Waals surface area contributed by atoms with E-state index in [4.69, 9.17) is 4.74 Å². The van der Waals surface area contributed by atoms with E-state index in [-0.39, 0.29) is 11.7 Å². The number of pyridine rings is 1. The maximum atomic E-state index is 11.1. The standard InChI is InChI=1S/C16H14N4O3S/c1-23-15-5-3-11(7-17-15)10-2-4-13(21)12(6-10)8-18-20-16-19-14(22)9-24-16/h2-8,21H,9H2,1H3,(H,19,20,22). The van der Waals surface area contributed by atoms with Crippen molar-refractivity contribution in [2.24, 2.45) is 10.2 Å². The van der Waals surface area contributed by atoms with Crippen LogP contribution >= 0.6 is 11.8 Å². The number of thioether (sulfide) groups is 1. The van der Waals surface area contributed by atoms with Crippen molar-refractivity contribution in [3.63, 3.8) is 0 Å². The monoisotopic (exact) mass is 342 g/mol. The van der Waals surface area contributed by atoms with Crippen molar-refractivity contribution in [2.45, 2.75) is 0 Å². The minimum atomic E-state index is -0.0919. The molecule has 1 aliphatic rings. The first-order valence-electron chi connectivity index (χ1n) is 7.03. The van der Waals surface area contributed by atoms with E-state index in [0.29, 0.717) is 22.4 Å². The minimum absolute atomic E-state index is 0.0901. The van der Waals surface area contributed by atoms with Gasteiger partial charge in [0, 0.05) is 23.4 Å². The fraction of sp³-hybridized carbons (Fsp3) is 0.125. The van der Waals surface area contributed by atoms with Gasteiger partial charge in [-0.1, -0.05) is 17.8 Å². The van der Waals surface area contributed by atoms with Gasteiger partial charge in [-0.05, 0) is 23.8 Å². The summed E-state index contributed by atoms with van der Waals surface area (Å²) in [7, 11) is 1.56. The lowest BCUT2D eigenvalue weighted by Crippen LogP contribution is -2.19. The van der Waals surface area contributed by atoms with Crippen molar-refractivity contribution in [3.05, 3.63) is 42.1 Å². The van der Waals surface area contributed by atoms with Crippen LogP contribution in [0.5, 0.6) is 11.6 Å². The molecule has 2 aromatic rings. The molecule has 1 fully saturated rings. The van der Waals surface area contributed by atoms with E-state index in [2.05, 4.69) is 20.5 Å². The molecule has 3 rings (SSSR count). The van der Waals surface area contributed by atoms with Gasteiger partial charge < -0.3 is 15.2 Å². The number of hydrogen-bond acceptors (Lipinski definition) is 7. The van der Waals surface area contributed by atoms with Crippen LogP contribution < -0.4 is 10.1 Å². The van der Waals surface area contributed by atoms with Crippen LogP contribution in [0.2, 0.25) is 0 Å². The fourth-order valence-electron chi connectivity index (χ4n) is 2.03. The number of amidine groups is 1. The highest BCUT2D eigenvalue weighted by molar-refractivity contribution is 8.15. The second-order valence-electron chi connectivity index (χ2n) is 4.85. The molecule has 1 amide bonds. The Bertz CT molecular complexity index is 819. The average Bonchev–Trinajstić information content (AvgIpc) is 3.02. The van der Waals surface area contributed by atoms with Gasteiger partial charge >= 0.3 is 0 Å². The number of ether oxygens (including phenoxy) is 1. The van der Waals surface area contributed by atoms with Crippen LogP contribution in [0.15, 0.2) is 46.7 Å². The third-order valence-corrected chi connectivity index (χ3v) is 4.10. The van der Waals surface area contributed by atoms with Gasteiger partial charge in [0.05, 0.1) is 19.1 Å². The fourth-order valence-corrected chi connectivity index (χ4v) is 2.66. The van der Waals surface area contributed by atoms with Crippen molar-refractivity contribution in [1.82, 2.24) is 10.3 Å². The van der Waals surface area contributed by atoms with Crippen LogP contribution in [0.4, 0.5) is 0 Å². The lowest BCUT2D eigenvalue weighted by molar-refractivity contribution is -0.116. The van der Waals surface area contributed by atoms with Crippen molar-refractivity contribution in [1.29, 1.82) is 0 Å². The molecule has 0 radical (unpaired) electrons. The number of hydrogen-bond donors (Lipinski definition) is 2. The third kappa shape index (κ3) is 3.72. The second kappa shape index (κ2) is 7.14. The normalized spacial score (nSPS) is 15.9. The molecule has 24 heavy (non-hydrogen) atoms. The van der Waals surface area contributed by atoms with E-state index in [1.54, 1.807) is 37.6 Å². The molecule has 2 N–H and O–H groups in total. The van der Waals surface area contributed by atoms with E-state index in [1.807, 2.05) is 6.07 Å². The van der Waals surface area contributed by atoms with Gasteiger partial charge in [0.1, 0.15) is 5.75 Å². The van der Waals surface area contributed by atoms with Crippen LogP contribution in [0.3, 0.4) is 0 Å². The molecule has 1 aromatic heterocycles. The average molecular weight is 342 g/mol. The number of carbonyl (C=O) groups excluding carboxylic acids is 1. The topological polar surface area (TPSA) is 96.2 Å². The Morgan fingerprint density at radius 1 is 1.33 bits per heavy atom. The molecule has 0 spiro atoms. The van der Waals surface area contributed by atoms with Gasteiger partial charge in [-0.15, -0.1) is 5.10 Å². The molecule has 0 unspecified atom stereocenters. The van der Waals surface area contributed by atoms with Gasteiger partial charge in [0.25, 0.3) is 0 Å². The molecule has 0 atom stereocenters. The van der Waals surface area contributed by atoms with Crippen molar-refractivity contribution < 1.29 is 14.6 Å². The predicted molar refractivity (Wildman–Crippen MR) is 93.5 cm³/mol. The number of nitrogens with one attached hydrogen (secondary N) is 1. The molecule has 2 heterocycles. The first-order valence-corrected chi connectivity index (χ1v) is 8.01. The summed E-state index contributed by atoms with van der Waals surface area (Å²) < 4.78 is 5.04. The summed E-state index contributed by atoms with van der Waals surface area (Å²) in [5, 5.41) is 20.8. The Balaban J connectivity index is 1.82. The van der Waals surface area contributed by atoms with Crippen molar-refractivity contribution in [2.75, 3.05) is 12.9 Å². The Morgan fingerprint density at radius 3 is 2.83 bits per heavy atom.